The molecule has 2 aromatic carbocycles. The van der Waals surface area contributed by atoms with Crippen LogP contribution in [0.15, 0.2) is 48.5 Å². The van der Waals surface area contributed by atoms with Gasteiger partial charge in [-0.3, -0.25) is 34.3 Å². The second-order valence-corrected chi connectivity index (χ2v) is 8.78. The van der Waals surface area contributed by atoms with Crippen LogP contribution in [0.4, 0.5) is 0 Å². The number of fused-ring (bicyclic) bond motifs is 1. The molecule has 170 valence electrons. The molecule has 3 aliphatic heterocycles. The van der Waals surface area contributed by atoms with Crippen molar-refractivity contribution in [2.45, 2.75) is 37.9 Å². The average molecular weight is 447 g/mol. The molecule has 2 unspecified atom stereocenters. The molecule has 2 atom stereocenters. The van der Waals surface area contributed by atoms with Crippen LogP contribution >= 0.6 is 0 Å². The Bertz CT molecular complexity index is 1120. The van der Waals surface area contributed by atoms with Gasteiger partial charge in [0.05, 0.1) is 11.1 Å². The molecule has 8 nitrogen and oxygen atoms in total. The van der Waals surface area contributed by atoms with Crippen molar-refractivity contribution in [3.63, 3.8) is 0 Å². The quantitative estimate of drug-likeness (QED) is 0.693. The van der Waals surface area contributed by atoms with E-state index in [2.05, 4.69) is 27.7 Å². The number of nitrogens with zero attached hydrogens (tertiary/aromatic N) is 2. The number of carbonyl (C=O) groups excluding carboxylic acids is 4. The molecule has 0 aromatic heterocycles. The molecule has 5 rings (SSSR count). The summed E-state index contributed by atoms with van der Waals surface area (Å²) in [4.78, 5) is 53.2. The van der Waals surface area contributed by atoms with Crippen molar-refractivity contribution in [2.75, 3.05) is 19.6 Å². The number of hydrogen-bond acceptors (Lipinski definition) is 6. The maximum absolute atomic E-state index is 13.1. The van der Waals surface area contributed by atoms with Crippen LogP contribution in [0.25, 0.3) is 0 Å². The summed E-state index contributed by atoms with van der Waals surface area (Å²) >= 11 is 0. The molecule has 0 spiro atoms. The lowest BCUT2D eigenvalue weighted by Crippen LogP contribution is -2.54. The number of carbonyl (C=O) groups is 4. The molecule has 2 saturated heterocycles. The van der Waals surface area contributed by atoms with Crippen molar-refractivity contribution in [3.8, 4) is 0 Å². The third kappa shape index (κ3) is 4.07. The molecule has 2 fully saturated rings. The first-order valence-electron chi connectivity index (χ1n) is 11.4. The van der Waals surface area contributed by atoms with E-state index in [1.165, 1.54) is 5.56 Å². The Morgan fingerprint density at radius 3 is 2.48 bits per heavy atom. The number of benzene rings is 2. The smallest absolute Gasteiger partial charge is 0.262 e. The van der Waals surface area contributed by atoms with Crippen LogP contribution in [0.3, 0.4) is 0 Å². The molecule has 0 radical (unpaired) electrons. The standard InChI is InChI=1S/C25H26N4O4/c30-22-10-9-20(23(31)27-22)29-24(32)18-8-7-16(13-19(18)25(29)33)15-28-12-4-11-26-14-21(28)17-5-2-1-3-6-17/h1-3,5-8,13,20-21,26H,4,9-12,14-15H2,(H,27,30,31). The van der Waals surface area contributed by atoms with Crippen LogP contribution in [0, 0.1) is 0 Å². The third-order valence-corrected chi connectivity index (χ3v) is 6.65. The Morgan fingerprint density at radius 2 is 1.70 bits per heavy atom. The van der Waals surface area contributed by atoms with Gasteiger partial charge in [0, 0.05) is 32.1 Å². The van der Waals surface area contributed by atoms with Crippen molar-refractivity contribution in [3.05, 3.63) is 70.8 Å². The molecule has 4 amide bonds. The predicted octanol–water partition coefficient (Wildman–Crippen LogP) is 1.62. The highest BCUT2D eigenvalue weighted by atomic mass is 16.2. The zero-order chi connectivity index (χ0) is 22.9. The maximum atomic E-state index is 13.1. The van der Waals surface area contributed by atoms with E-state index in [-0.39, 0.29) is 24.8 Å². The molecular weight excluding hydrogens is 420 g/mol. The number of piperidine rings is 1. The summed E-state index contributed by atoms with van der Waals surface area (Å²) in [5.74, 6) is -1.92. The number of rotatable bonds is 4. The summed E-state index contributed by atoms with van der Waals surface area (Å²) in [7, 11) is 0. The normalized spacial score (nSPS) is 23.9. The fourth-order valence-electron chi connectivity index (χ4n) is 4.97. The number of nitrogens with one attached hydrogen (secondary N) is 2. The fourth-order valence-corrected chi connectivity index (χ4v) is 4.97. The van der Waals surface area contributed by atoms with Gasteiger partial charge in [0.25, 0.3) is 11.8 Å². The monoisotopic (exact) mass is 446 g/mol. The van der Waals surface area contributed by atoms with E-state index < -0.39 is 23.8 Å². The highest BCUT2D eigenvalue weighted by Crippen LogP contribution is 2.30. The minimum absolute atomic E-state index is 0.110. The summed E-state index contributed by atoms with van der Waals surface area (Å²) < 4.78 is 0. The number of hydrogen-bond donors (Lipinski definition) is 2. The molecule has 2 N–H and O–H groups in total. The van der Waals surface area contributed by atoms with Gasteiger partial charge in [-0.1, -0.05) is 36.4 Å². The topological polar surface area (TPSA) is 98.8 Å². The first-order valence-corrected chi connectivity index (χ1v) is 11.4. The second kappa shape index (κ2) is 8.88. The minimum atomic E-state index is -0.947. The first kappa shape index (κ1) is 21.5. The van der Waals surface area contributed by atoms with Crippen molar-refractivity contribution in [2.24, 2.45) is 0 Å². The third-order valence-electron chi connectivity index (χ3n) is 6.65. The summed E-state index contributed by atoms with van der Waals surface area (Å²) in [5.41, 5.74) is 2.82. The Labute approximate surface area is 191 Å². The molecule has 33 heavy (non-hydrogen) atoms. The van der Waals surface area contributed by atoms with Gasteiger partial charge in [-0.05, 0) is 42.6 Å². The van der Waals surface area contributed by atoms with E-state index in [9.17, 15) is 19.2 Å². The van der Waals surface area contributed by atoms with Crippen molar-refractivity contribution >= 4 is 23.6 Å². The van der Waals surface area contributed by atoms with Crippen molar-refractivity contribution < 1.29 is 19.2 Å². The van der Waals surface area contributed by atoms with Gasteiger partial charge in [-0.15, -0.1) is 0 Å². The zero-order valence-corrected chi connectivity index (χ0v) is 18.3. The highest BCUT2D eigenvalue weighted by Gasteiger charge is 2.44. The first-order chi connectivity index (χ1) is 16.0. The number of amides is 4. The number of imide groups is 2. The molecule has 0 aliphatic carbocycles. The van der Waals surface area contributed by atoms with Gasteiger partial charge in [0.2, 0.25) is 11.8 Å². The Hall–Kier alpha value is -3.36. The van der Waals surface area contributed by atoms with Gasteiger partial charge in [0.15, 0.2) is 0 Å². The summed E-state index contributed by atoms with van der Waals surface area (Å²) in [5, 5.41) is 5.74. The van der Waals surface area contributed by atoms with Crippen LogP contribution in [-0.2, 0) is 16.1 Å². The van der Waals surface area contributed by atoms with Gasteiger partial charge in [-0.2, -0.15) is 0 Å². The van der Waals surface area contributed by atoms with Crippen LogP contribution in [-0.4, -0.2) is 59.1 Å². The molecule has 3 heterocycles. The molecular formula is C25H26N4O4. The zero-order valence-electron chi connectivity index (χ0n) is 18.3. The summed E-state index contributed by atoms with van der Waals surface area (Å²) in [6.07, 6.45) is 1.29. The molecule has 2 aromatic rings. The van der Waals surface area contributed by atoms with Gasteiger partial charge >= 0.3 is 0 Å². The Kier molecular flexibility index (Phi) is 5.78. The van der Waals surface area contributed by atoms with Crippen LogP contribution < -0.4 is 10.6 Å². The summed E-state index contributed by atoms with van der Waals surface area (Å²) in [6.45, 7) is 3.36. The maximum Gasteiger partial charge on any atom is 0.262 e. The summed E-state index contributed by atoms with van der Waals surface area (Å²) in [6, 6.07) is 15.0. The lowest BCUT2D eigenvalue weighted by molar-refractivity contribution is -0.136. The minimum Gasteiger partial charge on any atom is -0.315 e. The van der Waals surface area contributed by atoms with E-state index in [1.54, 1.807) is 12.1 Å². The van der Waals surface area contributed by atoms with Crippen LogP contribution in [0.1, 0.15) is 57.1 Å². The Balaban J connectivity index is 1.39. The fraction of sp³-hybridized carbons (Fsp3) is 0.360. The Morgan fingerprint density at radius 1 is 0.909 bits per heavy atom. The lowest BCUT2D eigenvalue weighted by atomic mass is 10.0. The van der Waals surface area contributed by atoms with Crippen LogP contribution in [0.2, 0.25) is 0 Å². The van der Waals surface area contributed by atoms with Crippen molar-refractivity contribution in [1.82, 2.24) is 20.4 Å². The average Bonchev–Trinajstić information content (AvgIpc) is 2.96. The van der Waals surface area contributed by atoms with E-state index in [0.29, 0.717) is 17.7 Å². The van der Waals surface area contributed by atoms with Gasteiger partial charge in [0.1, 0.15) is 6.04 Å². The molecule has 8 heteroatoms. The molecule has 0 saturated carbocycles. The molecule has 3 aliphatic rings. The predicted molar refractivity (Wildman–Crippen MR) is 120 cm³/mol. The van der Waals surface area contributed by atoms with E-state index in [1.807, 2.05) is 24.3 Å². The second-order valence-electron chi connectivity index (χ2n) is 8.78. The SMILES string of the molecule is O=C1CCC(N2C(=O)c3ccc(CN4CCCNCC4c4ccccc4)cc3C2=O)C(=O)N1. The van der Waals surface area contributed by atoms with Crippen LogP contribution in [0.5, 0.6) is 0 Å². The van der Waals surface area contributed by atoms with E-state index in [4.69, 9.17) is 0 Å². The lowest BCUT2D eigenvalue weighted by Gasteiger charge is -2.30. The van der Waals surface area contributed by atoms with E-state index in [0.717, 1.165) is 36.5 Å². The molecule has 0 bridgehead atoms. The highest BCUT2D eigenvalue weighted by molar-refractivity contribution is 6.23. The van der Waals surface area contributed by atoms with Crippen molar-refractivity contribution in [1.29, 1.82) is 0 Å². The van der Waals surface area contributed by atoms with Gasteiger partial charge < -0.3 is 5.32 Å². The van der Waals surface area contributed by atoms with E-state index >= 15 is 0 Å². The van der Waals surface area contributed by atoms with Gasteiger partial charge in [-0.25, -0.2) is 0 Å². The largest absolute Gasteiger partial charge is 0.315 e.